The van der Waals surface area contributed by atoms with Crippen LogP contribution >= 0.6 is 0 Å². The highest BCUT2D eigenvalue weighted by molar-refractivity contribution is 7.89. The molecule has 1 unspecified atom stereocenters. The number of rotatable bonds is 5. The number of amides is 1. The summed E-state index contributed by atoms with van der Waals surface area (Å²) in [4.78, 5) is 22.3. The van der Waals surface area contributed by atoms with Gasteiger partial charge in [-0.3, -0.25) is 9.59 Å². The summed E-state index contributed by atoms with van der Waals surface area (Å²) in [7, 11) is -3.96. The largest absolute Gasteiger partial charge is 0.480 e. The van der Waals surface area contributed by atoms with E-state index in [-0.39, 0.29) is 17.2 Å². The molecule has 3 N–H and O–H groups in total. The van der Waals surface area contributed by atoms with Gasteiger partial charge in [-0.2, -0.15) is 4.72 Å². The Morgan fingerprint density at radius 3 is 2.62 bits per heavy atom. The summed E-state index contributed by atoms with van der Waals surface area (Å²) in [6.07, 6.45) is 0.116. The molecule has 21 heavy (non-hydrogen) atoms. The van der Waals surface area contributed by atoms with Crippen LogP contribution in [-0.4, -0.2) is 31.4 Å². The first kappa shape index (κ1) is 15.5. The molecule has 0 saturated heterocycles. The normalized spacial score (nSPS) is 15.7. The fourth-order valence-corrected chi connectivity index (χ4v) is 3.47. The van der Waals surface area contributed by atoms with Gasteiger partial charge in [0, 0.05) is 5.69 Å². The average Bonchev–Trinajstić information content (AvgIpc) is 2.74. The first-order valence-corrected chi connectivity index (χ1v) is 7.87. The molecule has 1 aliphatic rings. The van der Waals surface area contributed by atoms with Gasteiger partial charge in [0.25, 0.3) is 0 Å². The smallest absolute Gasteiger partial charge is 0.322 e. The Morgan fingerprint density at radius 1 is 1.38 bits per heavy atom. The maximum Gasteiger partial charge on any atom is 0.322 e. The molecule has 8 heteroatoms. The van der Waals surface area contributed by atoms with Crippen LogP contribution in [0.25, 0.3) is 0 Å². The molecule has 0 bridgehead atoms. The van der Waals surface area contributed by atoms with Crippen LogP contribution in [0.4, 0.5) is 5.69 Å². The lowest BCUT2D eigenvalue weighted by molar-refractivity contribution is -0.140. The first-order valence-electron chi connectivity index (χ1n) is 6.38. The zero-order valence-corrected chi connectivity index (χ0v) is 12.4. The number of hydrogen-bond donors (Lipinski definition) is 3. The molecule has 1 heterocycles. The molecule has 1 amide bonds. The minimum Gasteiger partial charge on any atom is -0.480 e. The van der Waals surface area contributed by atoms with Crippen molar-refractivity contribution in [1.82, 2.24) is 4.72 Å². The number of carbonyl (C=O) groups excluding carboxylic acids is 1. The van der Waals surface area contributed by atoms with Gasteiger partial charge < -0.3 is 10.4 Å². The van der Waals surface area contributed by atoms with E-state index in [1.807, 2.05) is 0 Å². The number of carbonyl (C=O) groups is 2. The molecule has 0 fully saturated rings. The van der Waals surface area contributed by atoms with Crippen molar-refractivity contribution in [2.75, 3.05) is 5.32 Å². The zero-order chi connectivity index (χ0) is 15.8. The number of hydrogen-bond acceptors (Lipinski definition) is 4. The van der Waals surface area contributed by atoms with Crippen molar-refractivity contribution in [3.05, 3.63) is 23.8 Å². The molecule has 0 radical (unpaired) electrons. The van der Waals surface area contributed by atoms with E-state index >= 15 is 0 Å². The van der Waals surface area contributed by atoms with E-state index in [1.54, 1.807) is 13.8 Å². The summed E-state index contributed by atoms with van der Waals surface area (Å²) in [5.74, 6) is -1.82. The van der Waals surface area contributed by atoms with Crippen LogP contribution < -0.4 is 10.0 Å². The van der Waals surface area contributed by atoms with Gasteiger partial charge in [-0.1, -0.05) is 13.8 Å². The Labute approximate surface area is 122 Å². The lowest BCUT2D eigenvalue weighted by atomic mass is 10.1. The van der Waals surface area contributed by atoms with E-state index in [9.17, 15) is 18.0 Å². The van der Waals surface area contributed by atoms with Gasteiger partial charge in [-0.15, -0.1) is 0 Å². The lowest BCUT2D eigenvalue weighted by Crippen LogP contribution is -2.44. The van der Waals surface area contributed by atoms with E-state index in [1.165, 1.54) is 18.2 Å². The van der Waals surface area contributed by atoms with Gasteiger partial charge in [0.2, 0.25) is 15.9 Å². The van der Waals surface area contributed by atoms with Crippen LogP contribution in [-0.2, 0) is 26.0 Å². The number of sulfonamides is 1. The van der Waals surface area contributed by atoms with E-state index in [0.29, 0.717) is 11.3 Å². The molecule has 0 aliphatic carbocycles. The van der Waals surface area contributed by atoms with Gasteiger partial charge in [0.1, 0.15) is 6.04 Å². The first-order chi connectivity index (χ1) is 9.70. The summed E-state index contributed by atoms with van der Waals surface area (Å²) >= 11 is 0. The van der Waals surface area contributed by atoms with Crippen LogP contribution in [0.5, 0.6) is 0 Å². The molecule has 0 spiro atoms. The van der Waals surface area contributed by atoms with Crippen molar-refractivity contribution in [2.24, 2.45) is 5.92 Å². The molecule has 2 rings (SSSR count). The molecule has 1 aliphatic heterocycles. The quantitative estimate of drug-likeness (QED) is 0.735. The third-order valence-electron chi connectivity index (χ3n) is 3.23. The van der Waals surface area contributed by atoms with Gasteiger partial charge in [0.15, 0.2) is 0 Å². The summed E-state index contributed by atoms with van der Waals surface area (Å²) in [5, 5.41) is 11.7. The highest BCUT2D eigenvalue weighted by atomic mass is 32.2. The van der Waals surface area contributed by atoms with E-state index in [0.717, 1.165) is 0 Å². The molecule has 1 aromatic rings. The summed E-state index contributed by atoms with van der Waals surface area (Å²) in [6.45, 7) is 3.24. The third kappa shape index (κ3) is 3.22. The maximum atomic E-state index is 12.3. The second-order valence-electron chi connectivity index (χ2n) is 5.23. The number of anilines is 1. The van der Waals surface area contributed by atoms with Crippen molar-refractivity contribution in [2.45, 2.75) is 31.2 Å². The molecule has 1 atom stereocenters. The molecule has 0 saturated carbocycles. The van der Waals surface area contributed by atoms with Crippen LogP contribution in [0.2, 0.25) is 0 Å². The van der Waals surface area contributed by atoms with Crippen LogP contribution in [0.1, 0.15) is 19.4 Å². The minimum absolute atomic E-state index is 0.0512. The molecule has 7 nitrogen and oxygen atoms in total. The predicted octanol–water partition coefficient (Wildman–Crippen LogP) is 0.569. The Bertz CT molecular complexity index is 697. The van der Waals surface area contributed by atoms with Crippen molar-refractivity contribution in [3.8, 4) is 0 Å². The number of carboxylic acid groups (broad SMARTS) is 1. The second-order valence-corrected chi connectivity index (χ2v) is 6.94. The zero-order valence-electron chi connectivity index (χ0n) is 11.6. The van der Waals surface area contributed by atoms with E-state index < -0.39 is 28.0 Å². The monoisotopic (exact) mass is 312 g/mol. The number of carboxylic acids is 1. The van der Waals surface area contributed by atoms with Gasteiger partial charge in [-0.05, 0) is 29.7 Å². The maximum absolute atomic E-state index is 12.3. The second kappa shape index (κ2) is 5.45. The number of nitrogens with one attached hydrogen (secondary N) is 2. The van der Waals surface area contributed by atoms with E-state index in [4.69, 9.17) is 5.11 Å². The van der Waals surface area contributed by atoms with Gasteiger partial charge >= 0.3 is 5.97 Å². The van der Waals surface area contributed by atoms with Crippen LogP contribution in [0.3, 0.4) is 0 Å². The standard InChI is InChI=1S/C13H16N2O5S/c1-7(2)12(13(17)18)15-21(19,20)9-3-4-10-8(5-9)6-11(16)14-10/h3-5,7,12,15H,6H2,1-2H3,(H,14,16)(H,17,18). The predicted molar refractivity (Wildman–Crippen MR) is 75.4 cm³/mol. The average molecular weight is 312 g/mol. The third-order valence-corrected chi connectivity index (χ3v) is 4.67. The summed E-state index contributed by atoms with van der Waals surface area (Å²) in [5.41, 5.74) is 1.16. The molecular weight excluding hydrogens is 296 g/mol. The molecular formula is C13H16N2O5S. The molecule has 0 aromatic heterocycles. The Balaban J connectivity index is 2.30. The fraction of sp³-hybridized carbons (Fsp3) is 0.385. The van der Waals surface area contributed by atoms with Gasteiger partial charge in [-0.25, -0.2) is 8.42 Å². The summed E-state index contributed by atoms with van der Waals surface area (Å²) in [6, 6.07) is 3.02. The SMILES string of the molecule is CC(C)C(NS(=O)(=O)c1ccc2c(c1)CC(=O)N2)C(=O)O. The lowest BCUT2D eigenvalue weighted by Gasteiger charge is -2.18. The number of aliphatic carboxylic acids is 1. The molecule has 1 aromatic carbocycles. The van der Waals surface area contributed by atoms with Crippen molar-refractivity contribution < 1.29 is 23.1 Å². The highest BCUT2D eigenvalue weighted by Gasteiger charge is 2.29. The Kier molecular flexibility index (Phi) is 4.02. The summed E-state index contributed by atoms with van der Waals surface area (Å²) < 4.78 is 26.7. The Morgan fingerprint density at radius 2 is 2.05 bits per heavy atom. The minimum atomic E-state index is -3.96. The van der Waals surface area contributed by atoms with Crippen LogP contribution in [0, 0.1) is 5.92 Å². The van der Waals surface area contributed by atoms with Crippen molar-refractivity contribution in [3.63, 3.8) is 0 Å². The van der Waals surface area contributed by atoms with Crippen molar-refractivity contribution >= 4 is 27.6 Å². The fourth-order valence-electron chi connectivity index (χ4n) is 2.08. The Hall–Kier alpha value is -1.93. The molecule has 114 valence electrons. The highest BCUT2D eigenvalue weighted by Crippen LogP contribution is 2.26. The number of fused-ring (bicyclic) bond motifs is 1. The number of benzene rings is 1. The van der Waals surface area contributed by atoms with E-state index in [2.05, 4.69) is 10.0 Å². The van der Waals surface area contributed by atoms with Crippen LogP contribution in [0.15, 0.2) is 23.1 Å². The van der Waals surface area contributed by atoms with Crippen molar-refractivity contribution in [1.29, 1.82) is 0 Å². The topological polar surface area (TPSA) is 113 Å². The van der Waals surface area contributed by atoms with Gasteiger partial charge in [0.05, 0.1) is 11.3 Å².